The van der Waals surface area contributed by atoms with Gasteiger partial charge in [-0.25, -0.2) is 0 Å². The van der Waals surface area contributed by atoms with E-state index in [9.17, 15) is 9.90 Å². The summed E-state index contributed by atoms with van der Waals surface area (Å²) in [6.45, 7) is 1.92. The van der Waals surface area contributed by atoms with Crippen LogP contribution in [0.25, 0.3) is 0 Å². The third-order valence-corrected chi connectivity index (χ3v) is 3.58. The Hall–Kier alpha value is -1.23. The van der Waals surface area contributed by atoms with E-state index in [1.54, 1.807) is 18.0 Å². The third-order valence-electron chi connectivity index (χ3n) is 2.64. The molecule has 0 bridgehead atoms. The molecule has 0 saturated heterocycles. The van der Waals surface area contributed by atoms with Crippen molar-refractivity contribution >= 4 is 21.8 Å². The molecule has 0 spiro atoms. The largest absolute Gasteiger partial charge is 0.507 e. The van der Waals surface area contributed by atoms with Crippen molar-refractivity contribution in [3.8, 4) is 11.5 Å². The van der Waals surface area contributed by atoms with Crippen molar-refractivity contribution in [2.24, 2.45) is 0 Å². The number of benzene rings is 1. The number of phenols is 1. The molecule has 1 unspecified atom stereocenters. The van der Waals surface area contributed by atoms with Crippen molar-refractivity contribution in [2.75, 3.05) is 19.5 Å². The molecule has 0 aliphatic heterocycles. The van der Waals surface area contributed by atoms with Crippen LogP contribution in [0.1, 0.15) is 17.3 Å². The summed E-state index contributed by atoms with van der Waals surface area (Å²) in [5.41, 5.74) is 0.250. The zero-order valence-corrected chi connectivity index (χ0v) is 11.7. The summed E-state index contributed by atoms with van der Waals surface area (Å²) in [6.07, 6.45) is 0. The molecule has 17 heavy (non-hydrogen) atoms. The van der Waals surface area contributed by atoms with Gasteiger partial charge in [-0.1, -0.05) is 15.9 Å². The summed E-state index contributed by atoms with van der Waals surface area (Å²) in [4.78, 5) is 13.7. The van der Waals surface area contributed by atoms with E-state index < -0.39 is 0 Å². The van der Waals surface area contributed by atoms with Crippen LogP contribution < -0.4 is 4.74 Å². The number of hydrogen-bond acceptors (Lipinski definition) is 3. The predicted octanol–water partition coefficient (Wildman–Crippen LogP) is 2.26. The number of phenolic OH excluding ortho intramolecular Hbond substituents is 1. The summed E-state index contributed by atoms with van der Waals surface area (Å²) in [5.74, 6) is 0.281. The second kappa shape index (κ2) is 5.91. The maximum Gasteiger partial charge on any atom is 0.257 e. The molecule has 0 radical (unpaired) electrons. The van der Waals surface area contributed by atoms with Crippen molar-refractivity contribution in [3.63, 3.8) is 0 Å². The van der Waals surface area contributed by atoms with E-state index in [1.165, 1.54) is 19.2 Å². The molecular formula is C12H16BrNO3. The normalized spacial score (nSPS) is 12.0. The van der Waals surface area contributed by atoms with Crippen LogP contribution in [0.15, 0.2) is 18.2 Å². The second-order valence-electron chi connectivity index (χ2n) is 3.80. The Balaban J connectivity index is 3.02. The van der Waals surface area contributed by atoms with Gasteiger partial charge in [0.15, 0.2) is 0 Å². The summed E-state index contributed by atoms with van der Waals surface area (Å²) < 4.78 is 5.04. The molecule has 5 heteroatoms. The number of alkyl halides is 1. The van der Waals surface area contributed by atoms with Gasteiger partial charge in [0, 0.05) is 18.4 Å². The number of methoxy groups -OCH3 is 1. The Labute approximate surface area is 109 Å². The summed E-state index contributed by atoms with van der Waals surface area (Å²) >= 11 is 3.32. The quantitative estimate of drug-likeness (QED) is 0.868. The second-order valence-corrected chi connectivity index (χ2v) is 4.45. The van der Waals surface area contributed by atoms with Crippen molar-refractivity contribution in [3.05, 3.63) is 23.8 Å². The molecular weight excluding hydrogens is 286 g/mol. The average molecular weight is 302 g/mol. The molecule has 1 aromatic carbocycles. The molecule has 0 fully saturated rings. The number of nitrogens with zero attached hydrogens (tertiary/aromatic N) is 1. The standard InChI is InChI=1S/C12H16BrNO3/c1-8(7-13)14(2)12(16)10-6-9(17-3)4-5-11(10)15/h4-6,8,15H,7H2,1-3H3. The van der Waals surface area contributed by atoms with Crippen LogP contribution in [0.5, 0.6) is 11.5 Å². The lowest BCUT2D eigenvalue weighted by Gasteiger charge is -2.23. The van der Waals surface area contributed by atoms with E-state index in [-0.39, 0.29) is 23.3 Å². The molecule has 0 aliphatic rings. The monoisotopic (exact) mass is 301 g/mol. The molecule has 1 rings (SSSR count). The van der Waals surface area contributed by atoms with Crippen LogP contribution in [0.2, 0.25) is 0 Å². The van der Waals surface area contributed by atoms with Gasteiger partial charge in [0.2, 0.25) is 0 Å². The first-order valence-electron chi connectivity index (χ1n) is 5.21. The van der Waals surface area contributed by atoms with Gasteiger partial charge in [-0.15, -0.1) is 0 Å². The fourth-order valence-corrected chi connectivity index (χ4v) is 1.74. The van der Waals surface area contributed by atoms with Crippen LogP contribution in [0.3, 0.4) is 0 Å². The molecule has 0 aliphatic carbocycles. The minimum Gasteiger partial charge on any atom is -0.507 e. The molecule has 0 saturated carbocycles. The lowest BCUT2D eigenvalue weighted by Crippen LogP contribution is -2.36. The average Bonchev–Trinajstić information content (AvgIpc) is 2.36. The first kappa shape index (κ1) is 13.8. The van der Waals surface area contributed by atoms with Crippen molar-refractivity contribution in [2.45, 2.75) is 13.0 Å². The molecule has 0 heterocycles. The molecule has 0 aromatic heterocycles. The van der Waals surface area contributed by atoms with Crippen LogP contribution >= 0.6 is 15.9 Å². The predicted molar refractivity (Wildman–Crippen MR) is 70.0 cm³/mol. The Bertz CT molecular complexity index is 409. The fourth-order valence-electron chi connectivity index (χ4n) is 1.31. The minimum absolute atomic E-state index is 0.0376. The number of amides is 1. The number of aromatic hydroxyl groups is 1. The number of rotatable bonds is 4. The summed E-state index contributed by atoms with van der Waals surface area (Å²) in [7, 11) is 3.22. The van der Waals surface area contributed by atoms with Gasteiger partial charge < -0.3 is 14.7 Å². The lowest BCUT2D eigenvalue weighted by atomic mass is 10.1. The number of hydrogen-bond donors (Lipinski definition) is 1. The molecule has 1 amide bonds. The van der Waals surface area contributed by atoms with E-state index >= 15 is 0 Å². The third kappa shape index (κ3) is 3.12. The zero-order valence-electron chi connectivity index (χ0n) is 10.1. The van der Waals surface area contributed by atoms with Gasteiger partial charge in [-0.2, -0.15) is 0 Å². The van der Waals surface area contributed by atoms with Crippen LogP contribution in [-0.2, 0) is 0 Å². The van der Waals surface area contributed by atoms with Crippen molar-refractivity contribution in [1.82, 2.24) is 4.90 Å². The highest BCUT2D eigenvalue weighted by Crippen LogP contribution is 2.24. The topological polar surface area (TPSA) is 49.8 Å². The van der Waals surface area contributed by atoms with E-state index in [1.807, 2.05) is 6.92 Å². The van der Waals surface area contributed by atoms with Gasteiger partial charge in [-0.05, 0) is 25.1 Å². The highest BCUT2D eigenvalue weighted by atomic mass is 79.9. The maximum absolute atomic E-state index is 12.1. The minimum atomic E-state index is -0.228. The summed E-state index contributed by atoms with van der Waals surface area (Å²) in [6, 6.07) is 4.65. The van der Waals surface area contributed by atoms with Gasteiger partial charge in [0.25, 0.3) is 5.91 Å². The van der Waals surface area contributed by atoms with Crippen molar-refractivity contribution < 1.29 is 14.6 Å². The zero-order chi connectivity index (χ0) is 13.0. The van der Waals surface area contributed by atoms with E-state index in [0.29, 0.717) is 11.1 Å². The first-order chi connectivity index (χ1) is 8.01. The number of halogens is 1. The van der Waals surface area contributed by atoms with Gasteiger partial charge in [0.05, 0.1) is 12.7 Å². The first-order valence-corrected chi connectivity index (χ1v) is 6.33. The smallest absolute Gasteiger partial charge is 0.257 e. The number of carbonyl (C=O) groups excluding carboxylic acids is 1. The molecule has 1 atom stereocenters. The van der Waals surface area contributed by atoms with Gasteiger partial charge in [-0.3, -0.25) is 4.79 Å². The molecule has 1 N–H and O–H groups in total. The highest BCUT2D eigenvalue weighted by Gasteiger charge is 2.20. The molecule has 94 valence electrons. The highest BCUT2D eigenvalue weighted by molar-refractivity contribution is 9.09. The van der Waals surface area contributed by atoms with Gasteiger partial charge >= 0.3 is 0 Å². The Morgan fingerprint density at radius 2 is 2.24 bits per heavy atom. The molecule has 4 nitrogen and oxygen atoms in total. The van der Waals surface area contributed by atoms with E-state index in [2.05, 4.69) is 15.9 Å². The SMILES string of the molecule is COc1ccc(O)c(C(=O)N(C)C(C)CBr)c1. The fraction of sp³-hybridized carbons (Fsp3) is 0.417. The Morgan fingerprint density at radius 3 is 2.76 bits per heavy atom. The van der Waals surface area contributed by atoms with Crippen molar-refractivity contribution in [1.29, 1.82) is 0 Å². The van der Waals surface area contributed by atoms with E-state index in [0.717, 1.165) is 0 Å². The molecule has 1 aromatic rings. The van der Waals surface area contributed by atoms with Crippen LogP contribution in [0, 0.1) is 0 Å². The van der Waals surface area contributed by atoms with E-state index in [4.69, 9.17) is 4.74 Å². The maximum atomic E-state index is 12.1. The number of carbonyl (C=O) groups is 1. The Kier molecular flexibility index (Phi) is 4.81. The summed E-state index contributed by atoms with van der Waals surface area (Å²) in [5, 5.41) is 10.4. The number of ether oxygens (including phenoxy) is 1. The van der Waals surface area contributed by atoms with Gasteiger partial charge in [0.1, 0.15) is 11.5 Å². The van der Waals surface area contributed by atoms with Crippen LogP contribution in [-0.4, -0.2) is 41.4 Å². The lowest BCUT2D eigenvalue weighted by molar-refractivity contribution is 0.0754. The van der Waals surface area contributed by atoms with Crippen LogP contribution in [0.4, 0.5) is 0 Å². The Morgan fingerprint density at radius 1 is 1.59 bits per heavy atom.